The van der Waals surface area contributed by atoms with Crippen LogP contribution >= 0.6 is 11.8 Å². The van der Waals surface area contributed by atoms with Crippen LogP contribution in [0, 0.1) is 23.2 Å². The van der Waals surface area contributed by atoms with Crippen molar-refractivity contribution in [1.82, 2.24) is 25.1 Å². The summed E-state index contributed by atoms with van der Waals surface area (Å²) >= 11 is 1.45. The molecular weight excluding hydrogens is 422 g/mol. The number of rotatable bonds is 9. The van der Waals surface area contributed by atoms with Crippen molar-refractivity contribution in [3.63, 3.8) is 0 Å². The summed E-state index contributed by atoms with van der Waals surface area (Å²) in [5, 5.41) is 12.9. The third-order valence-electron chi connectivity index (χ3n) is 7.89. The van der Waals surface area contributed by atoms with E-state index in [1.807, 2.05) is 16.7 Å². The number of carbonyl (C=O) groups excluding carboxylic acids is 1. The van der Waals surface area contributed by atoms with E-state index in [1.165, 1.54) is 50.3 Å². The zero-order chi connectivity index (χ0) is 22.1. The largest absolute Gasteiger partial charge is 0.383 e. The topological polar surface area (TPSA) is 81.9 Å². The lowest BCUT2D eigenvalue weighted by atomic mass is 9.48. The number of hydrogen-bond acceptors (Lipinski definition) is 6. The first-order chi connectivity index (χ1) is 15.6. The Bertz CT molecular complexity index is 912. The normalized spacial score (nSPS) is 29.2. The Morgan fingerprint density at radius 1 is 1.19 bits per heavy atom. The zero-order valence-electron chi connectivity index (χ0n) is 19.0. The molecule has 172 valence electrons. The predicted octanol–water partition coefficient (Wildman–Crippen LogP) is 3.80. The minimum absolute atomic E-state index is 0.0880. The number of methoxy groups -OCH3 is 1. The molecule has 0 unspecified atom stereocenters. The van der Waals surface area contributed by atoms with Crippen molar-refractivity contribution >= 4 is 17.7 Å². The highest BCUT2D eigenvalue weighted by Gasteiger charge is 2.53. The average molecular weight is 456 g/mol. The Morgan fingerprint density at radius 2 is 1.84 bits per heavy atom. The molecular formula is C24H33N5O2S. The zero-order valence-corrected chi connectivity index (χ0v) is 19.8. The smallest absolute Gasteiger partial charge is 0.230 e. The molecule has 4 aliphatic carbocycles. The average Bonchev–Trinajstić information content (AvgIpc) is 3.18. The second-order valence-electron chi connectivity index (χ2n) is 10.0. The molecule has 0 aromatic carbocycles. The lowest BCUT2D eigenvalue weighted by molar-refractivity contribution is -0.123. The molecule has 6 rings (SSSR count). The van der Waals surface area contributed by atoms with E-state index in [-0.39, 0.29) is 11.9 Å². The highest BCUT2D eigenvalue weighted by molar-refractivity contribution is 7.99. The van der Waals surface area contributed by atoms with Crippen molar-refractivity contribution in [2.45, 2.75) is 63.2 Å². The Hall–Kier alpha value is -1.93. The summed E-state index contributed by atoms with van der Waals surface area (Å²) in [5.74, 6) is 3.88. The number of carbonyl (C=O) groups is 1. The van der Waals surface area contributed by atoms with E-state index in [1.54, 1.807) is 19.5 Å². The van der Waals surface area contributed by atoms with E-state index in [2.05, 4.69) is 27.4 Å². The first-order valence-electron chi connectivity index (χ1n) is 11.8. The molecule has 4 aliphatic rings. The summed E-state index contributed by atoms with van der Waals surface area (Å²) in [4.78, 5) is 17.0. The van der Waals surface area contributed by atoms with Crippen molar-refractivity contribution in [3.05, 3.63) is 24.5 Å². The molecule has 0 aliphatic heterocycles. The van der Waals surface area contributed by atoms with Gasteiger partial charge >= 0.3 is 0 Å². The van der Waals surface area contributed by atoms with E-state index < -0.39 is 0 Å². The maximum atomic E-state index is 12.9. The summed E-state index contributed by atoms with van der Waals surface area (Å²) in [7, 11) is 1.68. The Labute approximate surface area is 194 Å². The third-order valence-corrected chi connectivity index (χ3v) is 8.86. The summed E-state index contributed by atoms with van der Waals surface area (Å²) < 4.78 is 7.31. The fourth-order valence-electron chi connectivity index (χ4n) is 6.77. The first kappa shape index (κ1) is 21.9. The van der Waals surface area contributed by atoms with Gasteiger partial charge in [0.1, 0.15) is 0 Å². The number of ether oxygens (including phenoxy) is 1. The minimum atomic E-state index is 0.0880. The Kier molecular flexibility index (Phi) is 6.25. The lowest BCUT2D eigenvalue weighted by Gasteiger charge is -2.59. The van der Waals surface area contributed by atoms with Crippen LogP contribution in [0.25, 0.3) is 11.4 Å². The van der Waals surface area contributed by atoms with Crippen LogP contribution in [-0.2, 0) is 16.1 Å². The molecule has 1 amide bonds. The first-order valence-corrected chi connectivity index (χ1v) is 12.8. The summed E-state index contributed by atoms with van der Waals surface area (Å²) in [6, 6.07) is 4.08. The van der Waals surface area contributed by atoms with E-state index in [0.29, 0.717) is 24.3 Å². The van der Waals surface area contributed by atoms with Gasteiger partial charge in [-0.1, -0.05) is 11.8 Å². The molecule has 0 saturated heterocycles. The van der Waals surface area contributed by atoms with E-state index in [0.717, 1.165) is 34.3 Å². The fraction of sp³-hybridized carbons (Fsp3) is 0.667. The molecule has 4 saturated carbocycles. The Morgan fingerprint density at radius 3 is 2.47 bits per heavy atom. The molecule has 32 heavy (non-hydrogen) atoms. The van der Waals surface area contributed by atoms with Crippen molar-refractivity contribution in [2.24, 2.45) is 23.2 Å². The second-order valence-corrected chi connectivity index (χ2v) is 11.0. The molecule has 4 bridgehead atoms. The molecule has 8 heteroatoms. The van der Waals surface area contributed by atoms with Gasteiger partial charge in [0.05, 0.1) is 18.9 Å². The monoisotopic (exact) mass is 455 g/mol. The number of amides is 1. The van der Waals surface area contributed by atoms with Crippen LogP contribution < -0.4 is 5.32 Å². The Balaban J connectivity index is 1.23. The van der Waals surface area contributed by atoms with Crippen molar-refractivity contribution < 1.29 is 9.53 Å². The number of nitrogens with zero attached hydrogens (tertiary/aromatic N) is 4. The van der Waals surface area contributed by atoms with Gasteiger partial charge in [0.25, 0.3) is 0 Å². The molecule has 1 atom stereocenters. The van der Waals surface area contributed by atoms with Crippen LogP contribution in [0.2, 0.25) is 0 Å². The molecule has 2 heterocycles. The maximum Gasteiger partial charge on any atom is 0.230 e. The summed E-state index contributed by atoms with van der Waals surface area (Å²) in [6.45, 7) is 3.42. The number of aromatic nitrogens is 4. The SMILES string of the molecule is COCCn1c(SCC(=O)N[C@@H](C)C23CC4CC(CC(C4)C2)C3)nnc1-c1ccncc1. The number of thioether (sulfide) groups is 1. The minimum Gasteiger partial charge on any atom is -0.383 e. The molecule has 2 aromatic rings. The van der Waals surface area contributed by atoms with Gasteiger partial charge in [-0.3, -0.25) is 14.3 Å². The van der Waals surface area contributed by atoms with E-state index >= 15 is 0 Å². The van der Waals surface area contributed by atoms with Crippen LogP contribution in [0.15, 0.2) is 29.7 Å². The predicted molar refractivity (Wildman–Crippen MR) is 124 cm³/mol. The van der Waals surface area contributed by atoms with Crippen LogP contribution in [0.4, 0.5) is 0 Å². The van der Waals surface area contributed by atoms with Gasteiger partial charge in [-0.05, 0) is 80.8 Å². The van der Waals surface area contributed by atoms with Crippen LogP contribution in [0.3, 0.4) is 0 Å². The summed E-state index contributed by atoms with van der Waals surface area (Å²) in [6.07, 6.45) is 11.7. The fourth-order valence-corrected chi connectivity index (χ4v) is 7.54. The standard InChI is InChI=1S/C24H33N5O2S/c1-16(24-12-17-9-18(13-24)11-19(10-17)14-24)26-21(30)15-32-23-28-27-22(29(23)7-8-31-2)20-3-5-25-6-4-20/h3-6,16-19H,7-15H2,1-2H3,(H,26,30)/t16-,17?,18?,19?,24?/m0/s1. The highest BCUT2D eigenvalue weighted by Crippen LogP contribution is 2.61. The van der Waals surface area contributed by atoms with E-state index in [4.69, 9.17) is 4.74 Å². The third kappa shape index (κ3) is 4.31. The maximum absolute atomic E-state index is 12.9. The second kappa shape index (κ2) is 9.14. The van der Waals surface area contributed by atoms with Gasteiger partial charge < -0.3 is 10.1 Å². The van der Waals surface area contributed by atoms with Crippen LogP contribution in [0.5, 0.6) is 0 Å². The van der Waals surface area contributed by atoms with Crippen molar-refractivity contribution in [1.29, 1.82) is 0 Å². The van der Waals surface area contributed by atoms with Gasteiger partial charge in [-0.15, -0.1) is 10.2 Å². The van der Waals surface area contributed by atoms with Gasteiger partial charge in [-0.2, -0.15) is 0 Å². The molecule has 1 N–H and O–H groups in total. The molecule has 7 nitrogen and oxygen atoms in total. The summed E-state index contributed by atoms with van der Waals surface area (Å²) in [5.41, 5.74) is 1.28. The van der Waals surface area contributed by atoms with Crippen LogP contribution in [0.1, 0.15) is 45.4 Å². The van der Waals surface area contributed by atoms with Gasteiger partial charge in [-0.25, -0.2) is 0 Å². The van der Waals surface area contributed by atoms with Gasteiger partial charge in [0, 0.05) is 31.1 Å². The molecule has 4 fully saturated rings. The van der Waals surface area contributed by atoms with Crippen molar-refractivity contribution in [3.8, 4) is 11.4 Å². The van der Waals surface area contributed by atoms with Crippen LogP contribution in [-0.4, -0.2) is 51.2 Å². The molecule has 0 radical (unpaired) electrons. The quantitative estimate of drug-likeness (QED) is 0.579. The number of pyridine rings is 1. The lowest BCUT2D eigenvalue weighted by Crippen LogP contribution is -2.56. The number of hydrogen-bond donors (Lipinski definition) is 1. The molecule has 0 spiro atoms. The van der Waals surface area contributed by atoms with Gasteiger partial charge in [0.15, 0.2) is 11.0 Å². The van der Waals surface area contributed by atoms with Gasteiger partial charge in [0.2, 0.25) is 5.91 Å². The van der Waals surface area contributed by atoms with Crippen molar-refractivity contribution in [2.75, 3.05) is 19.5 Å². The molecule has 2 aromatic heterocycles. The highest BCUT2D eigenvalue weighted by atomic mass is 32.2. The van der Waals surface area contributed by atoms with E-state index in [9.17, 15) is 4.79 Å². The number of nitrogens with one attached hydrogen (secondary N) is 1.